The molecular weight excluding hydrogens is 481 g/mol. The highest BCUT2D eigenvalue weighted by atomic mass is 32.1. The van der Waals surface area contributed by atoms with Gasteiger partial charge in [-0.25, -0.2) is 4.98 Å². The molecule has 0 radical (unpaired) electrons. The number of alkyl halides is 3. The highest BCUT2D eigenvalue weighted by Gasteiger charge is 2.59. The molecule has 2 aliphatic rings. The van der Waals surface area contributed by atoms with Crippen LogP contribution in [0.3, 0.4) is 0 Å². The van der Waals surface area contributed by atoms with Gasteiger partial charge in [-0.3, -0.25) is 14.4 Å². The van der Waals surface area contributed by atoms with Gasteiger partial charge in [0.05, 0.1) is 36.1 Å². The molecule has 5 rings (SSSR count). The largest absolute Gasteiger partial charge is 0.419 e. The number of aromatic nitrogens is 3. The molecule has 180 valence electrons. The van der Waals surface area contributed by atoms with Crippen molar-refractivity contribution in [2.45, 2.75) is 37.5 Å². The summed E-state index contributed by atoms with van der Waals surface area (Å²) in [6.07, 6.45) is -0.0329. The summed E-state index contributed by atoms with van der Waals surface area (Å²) < 4.78 is 47.5. The molecule has 0 N–H and O–H groups in total. The Hall–Kier alpha value is -3.56. The predicted molar refractivity (Wildman–Crippen MR) is 125 cm³/mol. The Morgan fingerprint density at radius 2 is 2.03 bits per heavy atom. The number of carbonyl (C=O) groups is 1. The van der Waals surface area contributed by atoms with Gasteiger partial charge in [0, 0.05) is 24.4 Å². The van der Waals surface area contributed by atoms with Crippen molar-refractivity contribution in [3.8, 4) is 6.07 Å². The lowest BCUT2D eigenvalue weighted by atomic mass is 9.75. The van der Waals surface area contributed by atoms with E-state index in [1.165, 1.54) is 6.07 Å². The quantitative estimate of drug-likeness (QED) is 0.489. The highest BCUT2D eigenvalue weighted by molar-refractivity contribution is 7.81. The lowest BCUT2D eigenvalue weighted by Gasteiger charge is -2.43. The normalized spacial score (nSPS) is 17.3. The average molecular weight is 501 g/mol. The van der Waals surface area contributed by atoms with Crippen molar-refractivity contribution in [2.24, 2.45) is 0 Å². The molecule has 8 nitrogen and oxygen atoms in total. The third-order valence-electron chi connectivity index (χ3n) is 6.46. The molecule has 3 heterocycles. The maximum Gasteiger partial charge on any atom is 0.419 e. The van der Waals surface area contributed by atoms with Crippen LogP contribution in [0.4, 0.5) is 24.5 Å². The Kier molecular flexibility index (Phi) is 5.49. The number of halogens is 3. The van der Waals surface area contributed by atoms with Gasteiger partial charge in [0.1, 0.15) is 11.6 Å². The summed E-state index contributed by atoms with van der Waals surface area (Å²) in [5.74, 6) is -0.404. The second-order valence-corrected chi connectivity index (χ2v) is 8.84. The number of rotatable bonds is 5. The van der Waals surface area contributed by atoms with E-state index in [-0.39, 0.29) is 10.8 Å². The molecule has 1 aliphatic heterocycles. The van der Waals surface area contributed by atoms with Gasteiger partial charge in [-0.05, 0) is 55.7 Å². The number of fused-ring (bicyclic) bond motifs is 1. The molecule has 1 spiro atoms. The van der Waals surface area contributed by atoms with Gasteiger partial charge in [-0.1, -0.05) is 0 Å². The summed E-state index contributed by atoms with van der Waals surface area (Å²) in [4.78, 5) is 20.1. The molecule has 1 amide bonds. The Morgan fingerprint density at radius 3 is 2.66 bits per heavy atom. The number of ether oxygens (including phenoxy) is 1. The SMILES string of the molecule is COCCn1cc2ccc(N3C(=S)N(c4cnc(C#N)c(C(F)(F)F)c4)C(=O)C34CCC4)cc2n1. The van der Waals surface area contributed by atoms with E-state index in [9.17, 15) is 18.0 Å². The molecule has 0 unspecified atom stereocenters. The first-order chi connectivity index (χ1) is 16.7. The van der Waals surface area contributed by atoms with Gasteiger partial charge in [-0.15, -0.1) is 0 Å². The van der Waals surface area contributed by atoms with Crippen LogP contribution < -0.4 is 9.80 Å². The van der Waals surface area contributed by atoms with E-state index in [2.05, 4.69) is 10.1 Å². The van der Waals surface area contributed by atoms with Crippen LogP contribution in [0.25, 0.3) is 10.9 Å². The number of nitriles is 1. The third-order valence-corrected chi connectivity index (χ3v) is 6.82. The molecule has 2 aromatic heterocycles. The minimum atomic E-state index is -4.81. The zero-order valence-electron chi connectivity index (χ0n) is 18.5. The molecule has 0 atom stereocenters. The van der Waals surface area contributed by atoms with Crippen molar-refractivity contribution in [3.05, 3.63) is 47.9 Å². The number of benzene rings is 1. The zero-order valence-corrected chi connectivity index (χ0v) is 19.4. The highest BCUT2D eigenvalue weighted by Crippen LogP contribution is 2.48. The zero-order chi connectivity index (χ0) is 25.0. The fourth-order valence-corrected chi connectivity index (χ4v) is 5.05. The standard InChI is InChI=1S/C23H19F3N6O2S/c1-34-8-7-30-13-14-3-4-15(10-18(14)29-30)32-21(35)31(20(33)22(32)5-2-6-22)16-9-17(23(24,25)26)19(11-27)28-12-16/h3-4,9-10,12-13H,2,5-8H2,1H3. The van der Waals surface area contributed by atoms with Gasteiger partial charge < -0.3 is 9.64 Å². The van der Waals surface area contributed by atoms with Crippen molar-refractivity contribution in [3.63, 3.8) is 0 Å². The van der Waals surface area contributed by atoms with Crippen LogP contribution in [0.2, 0.25) is 0 Å². The predicted octanol–water partition coefficient (Wildman–Crippen LogP) is 4.03. The van der Waals surface area contributed by atoms with Gasteiger partial charge >= 0.3 is 6.18 Å². The van der Waals surface area contributed by atoms with Gasteiger partial charge in [0.25, 0.3) is 5.91 Å². The van der Waals surface area contributed by atoms with E-state index >= 15 is 0 Å². The van der Waals surface area contributed by atoms with Crippen molar-refractivity contribution in [2.75, 3.05) is 23.5 Å². The Labute approximate surface area is 203 Å². The van der Waals surface area contributed by atoms with Crippen molar-refractivity contribution >= 4 is 45.5 Å². The van der Waals surface area contributed by atoms with Crippen LogP contribution in [-0.2, 0) is 22.3 Å². The van der Waals surface area contributed by atoms with E-state index in [0.717, 1.165) is 29.0 Å². The van der Waals surface area contributed by atoms with Crippen molar-refractivity contribution in [1.29, 1.82) is 5.26 Å². The summed E-state index contributed by atoms with van der Waals surface area (Å²) in [6, 6.07) is 7.72. The summed E-state index contributed by atoms with van der Waals surface area (Å²) in [7, 11) is 1.61. The van der Waals surface area contributed by atoms with E-state index in [1.807, 2.05) is 24.4 Å². The molecule has 2 fully saturated rings. The minimum Gasteiger partial charge on any atom is -0.383 e. The number of thiocarbonyl (C=S) groups is 1. The maximum atomic E-state index is 13.6. The number of amides is 1. The Bertz CT molecular complexity index is 1390. The molecule has 12 heteroatoms. The van der Waals surface area contributed by atoms with Gasteiger partial charge in [0.15, 0.2) is 10.8 Å². The van der Waals surface area contributed by atoms with E-state index in [1.54, 1.807) is 16.7 Å². The molecule has 35 heavy (non-hydrogen) atoms. The minimum absolute atomic E-state index is 0.0625. The molecule has 0 bridgehead atoms. The molecule has 1 saturated carbocycles. The lowest BCUT2D eigenvalue weighted by molar-refractivity contribution is -0.138. The second kappa shape index (κ2) is 8.28. The number of carbonyl (C=O) groups excluding carboxylic acids is 1. The average Bonchev–Trinajstić information content (AvgIpc) is 3.31. The molecular formula is C23H19F3N6O2S. The number of hydrogen-bond acceptors (Lipinski definition) is 6. The fraction of sp³-hybridized carbons (Fsp3) is 0.348. The molecule has 1 aromatic carbocycles. The van der Waals surface area contributed by atoms with Crippen LogP contribution in [0.1, 0.15) is 30.5 Å². The number of nitrogens with zero attached hydrogens (tertiary/aromatic N) is 6. The first kappa shape index (κ1) is 23.2. The monoisotopic (exact) mass is 500 g/mol. The van der Waals surface area contributed by atoms with E-state index in [0.29, 0.717) is 37.2 Å². The smallest absolute Gasteiger partial charge is 0.383 e. The van der Waals surface area contributed by atoms with Crippen LogP contribution >= 0.6 is 12.2 Å². The first-order valence-electron chi connectivity index (χ1n) is 10.8. The van der Waals surface area contributed by atoms with Crippen molar-refractivity contribution < 1.29 is 22.7 Å². The maximum absolute atomic E-state index is 13.6. The number of methoxy groups -OCH3 is 1. The summed E-state index contributed by atoms with van der Waals surface area (Å²) in [5.41, 5.74) is -1.74. The van der Waals surface area contributed by atoms with E-state index in [4.69, 9.17) is 22.2 Å². The Balaban J connectivity index is 1.56. The van der Waals surface area contributed by atoms with E-state index < -0.39 is 28.9 Å². The number of hydrogen-bond donors (Lipinski definition) is 0. The van der Waals surface area contributed by atoms with Gasteiger partial charge in [-0.2, -0.15) is 23.5 Å². The fourth-order valence-electron chi connectivity index (χ4n) is 4.58. The van der Waals surface area contributed by atoms with Crippen LogP contribution in [-0.4, -0.2) is 45.0 Å². The van der Waals surface area contributed by atoms with Crippen LogP contribution in [0.5, 0.6) is 0 Å². The van der Waals surface area contributed by atoms with Gasteiger partial charge in [0.2, 0.25) is 0 Å². The number of pyridine rings is 1. The topological polar surface area (TPSA) is 87.3 Å². The molecule has 1 aliphatic carbocycles. The Morgan fingerprint density at radius 1 is 1.26 bits per heavy atom. The summed E-state index contributed by atoms with van der Waals surface area (Å²) in [6.45, 7) is 1.08. The van der Waals surface area contributed by atoms with Crippen LogP contribution in [0, 0.1) is 11.3 Å². The summed E-state index contributed by atoms with van der Waals surface area (Å²) in [5, 5.41) is 14.6. The third kappa shape index (κ3) is 3.62. The van der Waals surface area contributed by atoms with Crippen molar-refractivity contribution in [1.82, 2.24) is 14.8 Å². The lowest BCUT2D eigenvalue weighted by Crippen LogP contribution is -2.55. The van der Waals surface area contributed by atoms with Crippen LogP contribution in [0.15, 0.2) is 36.7 Å². The first-order valence-corrected chi connectivity index (χ1v) is 11.2. The second-order valence-electron chi connectivity index (χ2n) is 8.47. The number of anilines is 2. The summed E-state index contributed by atoms with van der Waals surface area (Å²) >= 11 is 5.65. The molecule has 1 saturated heterocycles. The molecule has 3 aromatic rings.